The Morgan fingerprint density at radius 3 is 2.69 bits per heavy atom. The molecule has 3 nitrogen and oxygen atoms in total. The molecule has 0 N–H and O–H groups in total. The molecule has 0 spiro atoms. The lowest BCUT2D eigenvalue weighted by Gasteiger charge is -2.06. The van der Waals surface area contributed by atoms with Gasteiger partial charge in [0.15, 0.2) is 0 Å². The second-order valence-electron chi connectivity index (χ2n) is 4.67. The van der Waals surface area contributed by atoms with Crippen molar-refractivity contribution in [3.05, 3.63) is 12.2 Å². The second-order valence-corrected chi connectivity index (χ2v) is 4.94. The van der Waals surface area contributed by atoms with Crippen LogP contribution in [0.25, 0.3) is 0 Å². The van der Waals surface area contributed by atoms with Gasteiger partial charge in [0, 0.05) is 6.54 Å². The van der Waals surface area contributed by atoms with Gasteiger partial charge in [-0.3, -0.25) is 0 Å². The van der Waals surface area contributed by atoms with Crippen molar-refractivity contribution in [2.75, 3.05) is 0 Å². The minimum absolute atomic E-state index is 0.452. The van der Waals surface area contributed by atoms with Crippen LogP contribution in [0.5, 0.6) is 0 Å². The first-order valence-corrected chi connectivity index (χ1v) is 6.70. The van der Waals surface area contributed by atoms with Gasteiger partial charge in [0.25, 0.3) is 0 Å². The van der Waals surface area contributed by atoms with Gasteiger partial charge < -0.3 is 4.57 Å². The van der Waals surface area contributed by atoms with E-state index in [1.54, 1.807) is 6.33 Å². The predicted octanol–water partition coefficient (Wildman–Crippen LogP) is 3.62. The highest BCUT2D eigenvalue weighted by molar-refractivity contribution is 6.16. The Kier molecular flexibility index (Phi) is 6.46. The maximum atomic E-state index is 5.75. The number of rotatable bonds is 8. The van der Waals surface area contributed by atoms with E-state index in [1.807, 2.05) is 0 Å². The molecular weight excluding hydrogens is 222 g/mol. The molecule has 0 amide bonds. The zero-order chi connectivity index (χ0) is 11.8. The lowest BCUT2D eigenvalue weighted by Crippen LogP contribution is -2.01. The highest BCUT2D eigenvalue weighted by Gasteiger charge is 2.01. The van der Waals surface area contributed by atoms with Crippen LogP contribution in [0.1, 0.15) is 51.8 Å². The summed E-state index contributed by atoms with van der Waals surface area (Å²) in [6.45, 7) is 5.56. The van der Waals surface area contributed by atoms with E-state index < -0.39 is 0 Å². The Bertz CT molecular complexity index is 284. The van der Waals surface area contributed by atoms with Crippen LogP contribution in [0.4, 0.5) is 0 Å². The number of nitrogens with zero attached hydrogens (tertiary/aromatic N) is 3. The Morgan fingerprint density at radius 1 is 1.25 bits per heavy atom. The van der Waals surface area contributed by atoms with Gasteiger partial charge in [-0.25, -0.2) is 0 Å². The first kappa shape index (κ1) is 13.5. The molecule has 0 aliphatic heterocycles. The molecule has 1 aromatic heterocycles. The van der Waals surface area contributed by atoms with Gasteiger partial charge in [-0.05, 0) is 12.3 Å². The Balaban J connectivity index is 2.07. The number of aryl methyl sites for hydroxylation is 1. The van der Waals surface area contributed by atoms with Crippen molar-refractivity contribution in [3.63, 3.8) is 0 Å². The van der Waals surface area contributed by atoms with E-state index in [4.69, 9.17) is 11.6 Å². The molecule has 4 heteroatoms. The van der Waals surface area contributed by atoms with Gasteiger partial charge in [-0.15, -0.1) is 21.8 Å². The van der Waals surface area contributed by atoms with Crippen LogP contribution in [0.15, 0.2) is 6.33 Å². The molecule has 0 saturated heterocycles. The van der Waals surface area contributed by atoms with Crippen LogP contribution in [0, 0.1) is 5.92 Å². The fourth-order valence-electron chi connectivity index (χ4n) is 1.76. The third-order valence-corrected chi connectivity index (χ3v) is 2.98. The topological polar surface area (TPSA) is 30.7 Å². The van der Waals surface area contributed by atoms with Crippen molar-refractivity contribution in [2.45, 2.75) is 58.4 Å². The lowest BCUT2D eigenvalue weighted by molar-refractivity contribution is 0.503. The molecule has 0 radical (unpaired) electrons. The quantitative estimate of drug-likeness (QED) is 0.516. The summed E-state index contributed by atoms with van der Waals surface area (Å²) >= 11 is 5.75. The molecule has 0 atom stereocenters. The van der Waals surface area contributed by atoms with E-state index in [0.29, 0.717) is 5.88 Å². The Hall–Kier alpha value is -0.570. The normalized spacial score (nSPS) is 11.2. The van der Waals surface area contributed by atoms with Crippen molar-refractivity contribution >= 4 is 11.6 Å². The molecule has 1 aromatic rings. The zero-order valence-corrected chi connectivity index (χ0v) is 11.1. The Labute approximate surface area is 103 Å². The molecular formula is C12H22ClN3. The summed E-state index contributed by atoms with van der Waals surface area (Å²) in [5, 5.41) is 7.81. The average Bonchev–Trinajstić information content (AvgIpc) is 2.70. The standard InChI is InChI=1S/C12H22ClN3/c1-11(2)7-5-3-4-6-8-16-10-14-15-12(16)9-13/h10-11H,3-9H2,1-2H3. The molecule has 0 unspecified atom stereocenters. The highest BCUT2D eigenvalue weighted by Crippen LogP contribution is 2.10. The monoisotopic (exact) mass is 243 g/mol. The van der Waals surface area contributed by atoms with E-state index in [1.165, 1.54) is 32.1 Å². The first-order chi connectivity index (χ1) is 7.74. The van der Waals surface area contributed by atoms with Crippen molar-refractivity contribution in [2.24, 2.45) is 5.92 Å². The summed E-state index contributed by atoms with van der Waals surface area (Å²) < 4.78 is 2.05. The summed E-state index contributed by atoms with van der Waals surface area (Å²) in [5.74, 6) is 2.16. The van der Waals surface area contributed by atoms with Gasteiger partial charge in [-0.1, -0.05) is 39.5 Å². The molecule has 0 aliphatic carbocycles. The predicted molar refractivity (Wildman–Crippen MR) is 67.5 cm³/mol. The molecule has 0 saturated carbocycles. The second kappa shape index (κ2) is 7.66. The van der Waals surface area contributed by atoms with Gasteiger partial charge in [0.1, 0.15) is 12.2 Å². The number of alkyl halides is 1. The molecule has 0 aromatic carbocycles. The minimum Gasteiger partial charge on any atom is -0.317 e. The fourth-order valence-corrected chi connectivity index (χ4v) is 1.96. The van der Waals surface area contributed by atoms with Crippen LogP contribution in [-0.2, 0) is 12.4 Å². The lowest BCUT2D eigenvalue weighted by atomic mass is 10.0. The number of hydrogen-bond acceptors (Lipinski definition) is 2. The van der Waals surface area contributed by atoms with Gasteiger partial charge >= 0.3 is 0 Å². The van der Waals surface area contributed by atoms with E-state index >= 15 is 0 Å². The van der Waals surface area contributed by atoms with E-state index in [0.717, 1.165) is 18.3 Å². The third-order valence-electron chi connectivity index (χ3n) is 2.75. The van der Waals surface area contributed by atoms with Crippen molar-refractivity contribution in [1.29, 1.82) is 0 Å². The molecule has 0 fully saturated rings. The van der Waals surface area contributed by atoms with E-state index in [2.05, 4.69) is 28.6 Å². The number of aromatic nitrogens is 3. The number of hydrogen-bond donors (Lipinski definition) is 0. The SMILES string of the molecule is CC(C)CCCCCCn1cnnc1CCl. The van der Waals surface area contributed by atoms with Gasteiger partial charge in [0.05, 0.1) is 5.88 Å². The zero-order valence-electron chi connectivity index (χ0n) is 10.3. The van der Waals surface area contributed by atoms with Crippen LogP contribution in [-0.4, -0.2) is 14.8 Å². The maximum Gasteiger partial charge on any atom is 0.147 e. The maximum absolute atomic E-state index is 5.75. The molecule has 0 aliphatic rings. The number of halogens is 1. The minimum atomic E-state index is 0.452. The summed E-state index contributed by atoms with van der Waals surface area (Å²) in [7, 11) is 0. The first-order valence-electron chi connectivity index (χ1n) is 6.16. The molecule has 0 bridgehead atoms. The molecule has 1 heterocycles. The number of unbranched alkanes of at least 4 members (excludes halogenated alkanes) is 3. The van der Waals surface area contributed by atoms with Crippen LogP contribution < -0.4 is 0 Å². The third kappa shape index (κ3) is 4.97. The van der Waals surface area contributed by atoms with Crippen LogP contribution in [0.3, 0.4) is 0 Å². The van der Waals surface area contributed by atoms with Crippen molar-refractivity contribution in [1.82, 2.24) is 14.8 Å². The fraction of sp³-hybridized carbons (Fsp3) is 0.833. The largest absolute Gasteiger partial charge is 0.317 e. The van der Waals surface area contributed by atoms with E-state index in [-0.39, 0.29) is 0 Å². The summed E-state index contributed by atoms with van der Waals surface area (Å²) in [4.78, 5) is 0. The molecule has 92 valence electrons. The summed E-state index contributed by atoms with van der Waals surface area (Å²) in [5.41, 5.74) is 0. The van der Waals surface area contributed by atoms with Gasteiger partial charge in [-0.2, -0.15) is 0 Å². The summed E-state index contributed by atoms with van der Waals surface area (Å²) in [6, 6.07) is 0. The molecule has 16 heavy (non-hydrogen) atoms. The van der Waals surface area contributed by atoms with Gasteiger partial charge in [0.2, 0.25) is 0 Å². The smallest absolute Gasteiger partial charge is 0.147 e. The molecule has 1 rings (SSSR count). The van der Waals surface area contributed by atoms with Crippen LogP contribution >= 0.6 is 11.6 Å². The Morgan fingerprint density at radius 2 is 2.00 bits per heavy atom. The average molecular weight is 244 g/mol. The van der Waals surface area contributed by atoms with Crippen molar-refractivity contribution < 1.29 is 0 Å². The highest BCUT2D eigenvalue weighted by atomic mass is 35.5. The summed E-state index contributed by atoms with van der Waals surface area (Å²) in [6.07, 6.45) is 8.27. The van der Waals surface area contributed by atoms with Crippen molar-refractivity contribution in [3.8, 4) is 0 Å². The van der Waals surface area contributed by atoms with Crippen LogP contribution in [0.2, 0.25) is 0 Å². The van der Waals surface area contributed by atoms with E-state index in [9.17, 15) is 0 Å².